The number of likely N-dealkylation sites (N-methyl/N-ethyl adjacent to an activating group) is 1. The van der Waals surface area contributed by atoms with Crippen LogP contribution in [0.5, 0.6) is 5.75 Å². The summed E-state index contributed by atoms with van der Waals surface area (Å²) in [4.78, 5) is 25.6. The van der Waals surface area contributed by atoms with Gasteiger partial charge < -0.3 is 14.6 Å². The van der Waals surface area contributed by atoms with Gasteiger partial charge in [0.2, 0.25) is 0 Å². The predicted molar refractivity (Wildman–Crippen MR) is 104 cm³/mol. The first kappa shape index (κ1) is 18.0. The van der Waals surface area contributed by atoms with E-state index in [0.717, 1.165) is 51.0 Å². The number of likely N-dealkylation sites (tertiary alicyclic amines) is 1. The Kier molecular flexibility index (Phi) is 4.68. The molecule has 1 aromatic carbocycles. The van der Waals surface area contributed by atoms with E-state index in [4.69, 9.17) is 4.74 Å². The van der Waals surface area contributed by atoms with Crippen molar-refractivity contribution in [1.82, 2.24) is 19.8 Å². The van der Waals surface area contributed by atoms with E-state index in [0.29, 0.717) is 11.3 Å². The zero-order chi connectivity index (χ0) is 19.0. The number of nitrogens with one attached hydrogen (secondary N) is 1. The highest BCUT2D eigenvalue weighted by atomic mass is 16.5. The van der Waals surface area contributed by atoms with E-state index >= 15 is 0 Å². The summed E-state index contributed by atoms with van der Waals surface area (Å²) in [5.74, 6) is 0.713. The molecule has 0 aliphatic carbocycles. The molecule has 2 aliphatic rings. The number of ether oxygens (including phenoxy) is 1. The predicted octanol–water partition coefficient (Wildman–Crippen LogP) is 2.74. The SMILES string of the molecule is CCN1CCc2[nH]cnc2C12CCN(C(=O)c1ccc(C)cc1OC)CC2. The van der Waals surface area contributed by atoms with Crippen molar-refractivity contribution in [2.24, 2.45) is 0 Å². The number of H-pyrrole nitrogens is 1. The molecule has 2 aromatic rings. The summed E-state index contributed by atoms with van der Waals surface area (Å²) in [7, 11) is 1.62. The maximum absolute atomic E-state index is 13.1. The van der Waals surface area contributed by atoms with Crippen LogP contribution in [0.2, 0.25) is 0 Å². The first-order chi connectivity index (χ1) is 13.1. The highest BCUT2D eigenvalue weighted by Crippen LogP contribution is 2.42. The molecule has 1 aromatic heterocycles. The Morgan fingerprint density at radius 3 is 2.78 bits per heavy atom. The lowest BCUT2D eigenvalue weighted by atomic mass is 9.78. The van der Waals surface area contributed by atoms with Gasteiger partial charge in [0, 0.05) is 31.7 Å². The van der Waals surface area contributed by atoms with Crippen molar-refractivity contribution in [3.63, 3.8) is 0 Å². The first-order valence-electron chi connectivity index (χ1n) is 9.80. The number of aryl methyl sites for hydroxylation is 1. The molecule has 6 heteroatoms. The van der Waals surface area contributed by atoms with Crippen molar-refractivity contribution in [2.45, 2.75) is 38.6 Å². The summed E-state index contributed by atoms with van der Waals surface area (Å²) in [6.07, 6.45) is 4.67. The largest absolute Gasteiger partial charge is 0.496 e. The minimum Gasteiger partial charge on any atom is -0.496 e. The van der Waals surface area contributed by atoms with Crippen molar-refractivity contribution in [2.75, 3.05) is 33.3 Å². The Bertz CT molecular complexity index is 836. The van der Waals surface area contributed by atoms with Gasteiger partial charge in [0.1, 0.15) is 5.75 Å². The number of rotatable bonds is 3. The number of hydrogen-bond acceptors (Lipinski definition) is 4. The van der Waals surface area contributed by atoms with Crippen molar-refractivity contribution in [3.8, 4) is 5.75 Å². The second-order valence-electron chi connectivity index (χ2n) is 7.59. The fraction of sp³-hybridized carbons (Fsp3) is 0.524. The third-order valence-corrected chi connectivity index (χ3v) is 6.24. The van der Waals surface area contributed by atoms with Crippen LogP contribution in [0, 0.1) is 6.92 Å². The molecule has 0 atom stereocenters. The topological polar surface area (TPSA) is 61.5 Å². The second-order valence-corrected chi connectivity index (χ2v) is 7.59. The smallest absolute Gasteiger partial charge is 0.257 e. The molecule has 6 nitrogen and oxygen atoms in total. The van der Waals surface area contributed by atoms with E-state index in [9.17, 15) is 4.79 Å². The molecule has 4 rings (SSSR count). The Morgan fingerprint density at radius 1 is 1.30 bits per heavy atom. The molecule has 1 saturated heterocycles. The van der Waals surface area contributed by atoms with Gasteiger partial charge in [0.15, 0.2) is 0 Å². The van der Waals surface area contributed by atoms with Gasteiger partial charge in [0.25, 0.3) is 5.91 Å². The number of fused-ring (bicyclic) bond motifs is 2. The van der Waals surface area contributed by atoms with E-state index in [1.54, 1.807) is 7.11 Å². The molecule has 1 amide bonds. The second kappa shape index (κ2) is 7.00. The number of benzene rings is 1. The van der Waals surface area contributed by atoms with Gasteiger partial charge in [-0.25, -0.2) is 4.98 Å². The number of aromatic amines is 1. The lowest BCUT2D eigenvalue weighted by molar-refractivity contribution is 0.0102. The Hall–Kier alpha value is -2.34. The van der Waals surface area contributed by atoms with E-state index in [-0.39, 0.29) is 11.4 Å². The lowest BCUT2D eigenvalue weighted by Gasteiger charge is -2.50. The van der Waals surface area contributed by atoms with Crippen LogP contribution in [-0.2, 0) is 12.0 Å². The normalized spacial score (nSPS) is 19.1. The molecule has 0 radical (unpaired) electrons. The van der Waals surface area contributed by atoms with Crippen LogP contribution in [0.25, 0.3) is 0 Å². The van der Waals surface area contributed by atoms with Crippen molar-refractivity contribution >= 4 is 5.91 Å². The Balaban J connectivity index is 1.56. The molecular weight excluding hydrogens is 340 g/mol. The van der Waals surface area contributed by atoms with Crippen molar-refractivity contribution in [3.05, 3.63) is 47.0 Å². The minimum atomic E-state index is -0.0452. The van der Waals surface area contributed by atoms with Gasteiger partial charge >= 0.3 is 0 Å². The number of hydrogen-bond donors (Lipinski definition) is 1. The molecule has 144 valence electrons. The van der Waals surface area contributed by atoms with Crippen LogP contribution in [0.3, 0.4) is 0 Å². The fourth-order valence-corrected chi connectivity index (χ4v) is 4.76. The summed E-state index contributed by atoms with van der Waals surface area (Å²) < 4.78 is 5.45. The van der Waals surface area contributed by atoms with Gasteiger partial charge in [-0.05, 0) is 44.0 Å². The summed E-state index contributed by atoms with van der Waals surface area (Å²) >= 11 is 0. The number of nitrogens with zero attached hydrogens (tertiary/aromatic N) is 3. The van der Waals surface area contributed by atoms with Crippen LogP contribution in [0.4, 0.5) is 0 Å². The average molecular weight is 368 g/mol. The van der Waals surface area contributed by atoms with E-state index in [2.05, 4.69) is 21.8 Å². The van der Waals surface area contributed by atoms with Crippen molar-refractivity contribution in [1.29, 1.82) is 0 Å². The highest BCUT2D eigenvalue weighted by molar-refractivity contribution is 5.97. The average Bonchev–Trinajstić information content (AvgIpc) is 3.18. The van der Waals surface area contributed by atoms with Gasteiger partial charge in [-0.3, -0.25) is 9.69 Å². The molecule has 0 saturated carbocycles. The van der Waals surface area contributed by atoms with Crippen LogP contribution >= 0.6 is 0 Å². The third kappa shape index (κ3) is 2.92. The summed E-state index contributed by atoms with van der Waals surface area (Å²) in [6, 6.07) is 5.78. The van der Waals surface area contributed by atoms with Crippen LogP contribution < -0.4 is 4.74 Å². The third-order valence-electron chi connectivity index (χ3n) is 6.24. The van der Waals surface area contributed by atoms with Gasteiger partial charge in [-0.15, -0.1) is 0 Å². The fourth-order valence-electron chi connectivity index (χ4n) is 4.76. The molecular formula is C21H28N4O2. The summed E-state index contributed by atoms with van der Waals surface area (Å²) in [5.41, 5.74) is 4.15. The minimum absolute atomic E-state index is 0.0452. The van der Waals surface area contributed by atoms with Crippen molar-refractivity contribution < 1.29 is 9.53 Å². The number of amides is 1. The summed E-state index contributed by atoms with van der Waals surface area (Å²) in [5, 5.41) is 0. The molecule has 27 heavy (non-hydrogen) atoms. The van der Waals surface area contributed by atoms with E-state index < -0.39 is 0 Å². The number of carbonyl (C=O) groups is 1. The maximum Gasteiger partial charge on any atom is 0.257 e. The number of carbonyl (C=O) groups excluding carboxylic acids is 1. The standard InChI is InChI=1S/C21H28N4O2/c1-4-25-10-7-17-19(23-14-22-17)21(25)8-11-24(12-9-21)20(26)16-6-5-15(2)13-18(16)27-3/h5-6,13-14H,4,7-12H2,1-3H3,(H,22,23). The molecule has 0 unspecified atom stereocenters. The van der Waals surface area contributed by atoms with Crippen LogP contribution in [0.1, 0.15) is 47.1 Å². The maximum atomic E-state index is 13.1. The first-order valence-corrected chi connectivity index (χ1v) is 9.80. The van der Waals surface area contributed by atoms with E-state index in [1.807, 2.05) is 36.4 Å². The van der Waals surface area contributed by atoms with E-state index in [1.165, 1.54) is 11.4 Å². The number of piperidine rings is 1. The summed E-state index contributed by atoms with van der Waals surface area (Å²) in [6.45, 7) is 7.74. The molecule has 1 N–H and O–H groups in total. The molecule has 1 spiro atoms. The number of imidazole rings is 1. The Morgan fingerprint density at radius 2 is 2.07 bits per heavy atom. The van der Waals surface area contributed by atoms with Crippen LogP contribution in [0.15, 0.2) is 24.5 Å². The van der Waals surface area contributed by atoms with Gasteiger partial charge in [0.05, 0.1) is 30.2 Å². The van der Waals surface area contributed by atoms with Gasteiger partial charge in [-0.1, -0.05) is 13.0 Å². The van der Waals surface area contributed by atoms with Gasteiger partial charge in [-0.2, -0.15) is 0 Å². The monoisotopic (exact) mass is 368 g/mol. The highest BCUT2D eigenvalue weighted by Gasteiger charge is 2.46. The lowest BCUT2D eigenvalue weighted by Crippen LogP contribution is -2.57. The molecule has 0 bridgehead atoms. The zero-order valence-electron chi connectivity index (χ0n) is 16.4. The molecule has 2 aliphatic heterocycles. The Labute approximate surface area is 160 Å². The molecule has 3 heterocycles. The van der Waals surface area contributed by atoms with Crippen LogP contribution in [-0.4, -0.2) is 59.0 Å². The number of aromatic nitrogens is 2. The zero-order valence-corrected chi connectivity index (χ0v) is 16.4. The molecule has 1 fully saturated rings. The quantitative estimate of drug-likeness (QED) is 0.905. The number of methoxy groups -OCH3 is 1.